The summed E-state index contributed by atoms with van der Waals surface area (Å²) in [5, 5.41) is 7.08. The van der Waals surface area contributed by atoms with Gasteiger partial charge in [0.2, 0.25) is 10.0 Å². The van der Waals surface area contributed by atoms with Crippen molar-refractivity contribution in [2.75, 3.05) is 26.7 Å². The molecule has 0 bridgehead atoms. The summed E-state index contributed by atoms with van der Waals surface area (Å²) in [4.78, 5) is -0.0656. The van der Waals surface area contributed by atoms with Gasteiger partial charge >= 0.3 is 0 Å². The van der Waals surface area contributed by atoms with Gasteiger partial charge in [-0.2, -0.15) is 9.40 Å². The third-order valence-corrected chi connectivity index (χ3v) is 4.48. The Balaban J connectivity index is 2.65. The Kier molecular flexibility index (Phi) is 6.50. The number of aromatic nitrogens is 2. The third kappa shape index (κ3) is 4.80. The van der Waals surface area contributed by atoms with Crippen molar-refractivity contribution in [3.05, 3.63) is 12.4 Å². The molecule has 1 N–H and O–H groups in total. The van der Waals surface area contributed by atoms with Crippen molar-refractivity contribution < 1.29 is 17.2 Å². The fourth-order valence-electron chi connectivity index (χ4n) is 1.62. The molecule has 6 nitrogen and oxygen atoms in total. The van der Waals surface area contributed by atoms with E-state index in [9.17, 15) is 17.2 Å². The van der Waals surface area contributed by atoms with Crippen LogP contribution in [0.5, 0.6) is 0 Å². The number of aryl methyl sites for hydroxylation is 1. The predicted molar refractivity (Wildman–Crippen MR) is 71.2 cm³/mol. The first-order valence-corrected chi connectivity index (χ1v) is 7.79. The number of alkyl halides is 2. The molecule has 116 valence electrons. The Morgan fingerprint density at radius 3 is 2.80 bits per heavy atom. The summed E-state index contributed by atoms with van der Waals surface area (Å²) in [5.41, 5.74) is 0. The first-order valence-electron chi connectivity index (χ1n) is 6.35. The second kappa shape index (κ2) is 7.65. The highest BCUT2D eigenvalue weighted by Gasteiger charge is 2.24. The molecule has 0 unspecified atom stereocenters. The molecule has 0 atom stereocenters. The maximum absolute atomic E-state index is 12.2. The molecule has 0 spiro atoms. The van der Waals surface area contributed by atoms with E-state index >= 15 is 0 Å². The minimum atomic E-state index is -3.89. The molecular weight excluding hydrogens is 290 g/mol. The molecule has 0 aliphatic rings. The average Bonchev–Trinajstić information content (AvgIpc) is 2.83. The third-order valence-electron chi connectivity index (χ3n) is 2.70. The van der Waals surface area contributed by atoms with Gasteiger partial charge in [0.15, 0.2) is 0 Å². The lowest BCUT2D eigenvalue weighted by Crippen LogP contribution is -2.31. The van der Waals surface area contributed by atoms with Crippen LogP contribution in [0, 0.1) is 0 Å². The van der Waals surface area contributed by atoms with Crippen LogP contribution >= 0.6 is 0 Å². The van der Waals surface area contributed by atoms with E-state index in [2.05, 4.69) is 10.4 Å². The highest BCUT2D eigenvalue weighted by Crippen LogP contribution is 2.14. The van der Waals surface area contributed by atoms with Crippen LogP contribution in [0.4, 0.5) is 8.78 Å². The monoisotopic (exact) mass is 310 g/mol. The van der Waals surface area contributed by atoms with Gasteiger partial charge in [0, 0.05) is 19.8 Å². The van der Waals surface area contributed by atoms with Crippen molar-refractivity contribution in [1.29, 1.82) is 0 Å². The fourth-order valence-corrected chi connectivity index (χ4v) is 2.72. The maximum atomic E-state index is 12.2. The molecule has 1 aromatic heterocycles. The molecular formula is C11H20F2N4O2S. The van der Waals surface area contributed by atoms with Gasteiger partial charge in [0.25, 0.3) is 6.43 Å². The molecule has 1 heterocycles. The molecule has 0 aromatic carbocycles. The molecule has 1 aromatic rings. The lowest BCUT2D eigenvalue weighted by molar-refractivity contribution is 0.126. The van der Waals surface area contributed by atoms with Gasteiger partial charge in [-0.25, -0.2) is 17.2 Å². The lowest BCUT2D eigenvalue weighted by Gasteiger charge is -2.14. The van der Waals surface area contributed by atoms with Gasteiger partial charge in [0.05, 0.1) is 12.7 Å². The molecule has 0 amide bonds. The van der Waals surface area contributed by atoms with E-state index in [1.165, 1.54) is 17.1 Å². The quantitative estimate of drug-likeness (QED) is 0.684. The summed E-state index contributed by atoms with van der Waals surface area (Å²) < 4.78 is 50.6. The minimum absolute atomic E-state index is 0.0656. The number of hydrogen-bond donors (Lipinski definition) is 1. The SMILES string of the molecule is CCNCCCn1cc(S(=O)(=O)N(C)CC(F)F)cn1. The zero-order chi connectivity index (χ0) is 15.2. The number of sulfonamides is 1. The predicted octanol–water partition coefficient (Wildman–Crippen LogP) is 0.768. The number of halogens is 2. The van der Waals surface area contributed by atoms with Gasteiger partial charge in [-0.1, -0.05) is 6.92 Å². The molecule has 0 radical (unpaired) electrons. The number of nitrogens with zero attached hydrogens (tertiary/aromatic N) is 3. The zero-order valence-corrected chi connectivity index (χ0v) is 12.4. The lowest BCUT2D eigenvalue weighted by atomic mass is 10.4. The van der Waals surface area contributed by atoms with E-state index in [-0.39, 0.29) is 4.90 Å². The van der Waals surface area contributed by atoms with Gasteiger partial charge < -0.3 is 5.32 Å². The van der Waals surface area contributed by atoms with Crippen LogP contribution in [0.3, 0.4) is 0 Å². The first kappa shape index (κ1) is 17.0. The zero-order valence-electron chi connectivity index (χ0n) is 11.6. The molecule has 0 aliphatic carbocycles. The fraction of sp³-hybridized carbons (Fsp3) is 0.727. The largest absolute Gasteiger partial charge is 0.317 e. The molecule has 0 saturated carbocycles. The van der Waals surface area contributed by atoms with Crippen molar-refractivity contribution in [3.8, 4) is 0 Å². The summed E-state index contributed by atoms with van der Waals surface area (Å²) in [6.07, 6.45) is 0.653. The van der Waals surface area contributed by atoms with Crippen LogP contribution < -0.4 is 5.32 Å². The molecule has 0 fully saturated rings. The van der Waals surface area contributed by atoms with Gasteiger partial charge in [-0.05, 0) is 19.5 Å². The summed E-state index contributed by atoms with van der Waals surface area (Å²) in [6, 6.07) is 0. The second-order valence-corrected chi connectivity index (χ2v) is 6.37. The van der Waals surface area contributed by atoms with E-state index in [0.29, 0.717) is 10.8 Å². The Bertz CT molecular complexity index is 504. The van der Waals surface area contributed by atoms with E-state index in [0.717, 1.165) is 26.6 Å². The summed E-state index contributed by atoms with van der Waals surface area (Å²) in [7, 11) is -2.77. The number of nitrogens with one attached hydrogen (secondary N) is 1. The van der Waals surface area contributed by atoms with Crippen molar-refractivity contribution in [3.63, 3.8) is 0 Å². The Morgan fingerprint density at radius 2 is 2.20 bits per heavy atom. The normalized spacial score (nSPS) is 12.5. The average molecular weight is 310 g/mol. The molecule has 20 heavy (non-hydrogen) atoms. The van der Waals surface area contributed by atoms with Crippen LogP contribution in [0.2, 0.25) is 0 Å². The molecule has 9 heteroatoms. The van der Waals surface area contributed by atoms with Gasteiger partial charge in [0.1, 0.15) is 4.90 Å². The van der Waals surface area contributed by atoms with Crippen LogP contribution in [0.1, 0.15) is 13.3 Å². The Hall–Kier alpha value is -1.06. The first-order chi connectivity index (χ1) is 9.37. The highest BCUT2D eigenvalue weighted by atomic mass is 32.2. The van der Waals surface area contributed by atoms with Crippen molar-refractivity contribution in [2.45, 2.75) is 31.2 Å². The van der Waals surface area contributed by atoms with Crippen molar-refractivity contribution >= 4 is 10.0 Å². The van der Waals surface area contributed by atoms with Crippen molar-refractivity contribution in [2.24, 2.45) is 0 Å². The second-order valence-electron chi connectivity index (χ2n) is 4.32. The summed E-state index contributed by atoms with van der Waals surface area (Å²) in [6.45, 7) is 3.42. The molecule has 0 aliphatic heterocycles. The van der Waals surface area contributed by atoms with E-state index in [1.54, 1.807) is 0 Å². The Labute approximate surface area is 117 Å². The van der Waals surface area contributed by atoms with E-state index < -0.39 is 23.0 Å². The molecule has 1 rings (SSSR count). The number of hydrogen-bond acceptors (Lipinski definition) is 4. The van der Waals surface area contributed by atoms with Gasteiger partial charge in [-0.3, -0.25) is 4.68 Å². The minimum Gasteiger partial charge on any atom is -0.317 e. The number of rotatable bonds is 9. The van der Waals surface area contributed by atoms with E-state index in [4.69, 9.17) is 0 Å². The van der Waals surface area contributed by atoms with Crippen molar-refractivity contribution in [1.82, 2.24) is 19.4 Å². The topological polar surface area (TPSA) is 67.2 Å². The maximum Gasteiger partial charge on any atom is 0.252 e. The highest BCUT2D eigenvalue weighted by molar-refractivity contribution is 7.89. The summed E-state index contributed by atoms with van der Waals surface area (Å²) in [5.74, 6) is 0. The van der Waals surface area contributed by atoms with Crippen LogP contribution in [-0.2, 0) is 16.6 Å². The Morgan fingerprint density at radius 1 is 1.50 bits per heavy atom. The van der Waals surface area contributed by atoms with Gasteiger partial charge in [-0.15, -0.1) is 0 Å². The van der Waals surface area contributed by atoms with E-state index in [1.807, 2.05) is 6.92 Å². The standard InChI is InChI=1S/C11H20F2N4O2S/c1-3-14-5-4-6-17-8-10(7-15-17)20(18,19)16(2)9-11(12)13/h7-8,11,14H,3-6,9H2,1-2H3. The summed E-state index contributed by atoms with van der Waals surface area (Å²) >= 11 is 0. The van der Waals surface area contributed by atoms with Crippen LogP contribution in [0.25, 0.3) is 0 Å². The van der Waals surface area contributed by atoms with Crippen LogP contribution in [0.15, 0.2) is 17.3 Å². The van der Waals surface area contributed by atoms with Crippen LogP contribution in [-0.4, -0.2) is 55.6 Å². The molecule has 0 saturated heterocycles. The smallest absolute Gasteiger partial charge is 0.252 e.